The maximum atomic E-state index is 12.9. The average molecular weight is 473 g/mol. The Kier molecular flexibility index (Phi) is 6.16. The molecule has 0 fully saturated rings. The molecule has 0 aliphatic rings. The molecule has 0 aliphatic heterocycles. The Bertz CT molecular complexity index is 1070. The zero-order valence-electron chi connectivity index (χ0n) is 14.7. The van der Waals surface area contributed by atoms with Gasteiger partial charge >= 0.3 is 6.18 Å². The molecule has 1 heterocycles. The molecule has 1 N–H and O–H groups in total. The van der Waals surface area contributed by atoms with E-state index in [0.29, 0.717) is 21.6 Å². The minimum atomic E-state index is -4.41. The molecule has 3 aromatic rings. The largest absolute Gasteiger partial charge is 0.416 e. The zero-order chi connectivity index (χ0) is 20.5. The number of fused-ring (bicyclic) bond motifs is 1. The smallest absolute Gasteiger partial charge is 0.392 e. The number of thioether (sulfide) groups is 1. The van der Waals surface area contributed by atoms with Gasteiger partial charge < -0.3 is 5.11 Å². The van der Waals surface area contributed by atoms with E-state index in [1.54, 1.807) is 31.2 Å². The van der Waals surface area contributed by atoms with E-state index in [9.17, 15) is 23.1 Å². The predicted molar refractivity (Wildman–Crippen MR) is 106 cm³/mol. The Morgan fingerprint density at radius 2 is 2.00 bits per heavy atom. The van der Waals surface area contributed by atoms with Crippen molar-refractivity contribution in [2.45, 2.75) is 36.7 Å². The minimum Gasteiger partial charge on any atom is -0.392 e. The summed E-state index contributed by atoms with van der Waals surface area (Å²) in [7, 11) is 0. The van der Waals surface area contributed by atoms with Gasteiger partial charge in [-0.2, -0.15) is 13.2 Å². The van der Waals surface area contributed by atoms with Crippen molar-refractivity contribution >= 4 is 38.6 Å². The van der Waals surface area contributed by atoms with Crippen LogP contribution < -0.4 is 5.56 Å². The number of hydrogen-bond acceptors (Lipinski definition) is 4. The zero-order valence-corrected chi connectivity index (χ0v) is 17.1. The Balaban J connectivity index is 1.98. The van der Waals surface area contributed by atoms with Crippen LogP contribution in [0, 0.1) is 0 Å². The van der Waals surface area contributed by atoms with E-state index < -0.39 is 17.8 Å². The number of halogens is 4. The molecule has 4 nitrogen and oxygen atoms in total. The Hall–Kier alpha value is -1.84. The molecule has 0 radical (unpaired) electrons. The highest BCUT2D eigenvalue weighted by molar-refractivity contribution is 9.10. The second-order valence-corrected chi connectivity index (χ2v) is 8.17. The predicted octanol–water partition coefficient (Wildman–Crippen LogP) is 4.85. The molecule has 2 aromatic carbocycles. The van der Waals surface area contributed by atoms with Gasteiger partial charge in [0.2, 0.25) is 0 Å². The molecule has 1 atom stereocenters. The summed E-state index contributed by atoms with van der Waals surface area (Å²) >= 11 is 4.48. The summed E-state index contributed by atoms with van der Waals surface area (Å²) in [6, 6.07) is 10.2. The van der Waals surface area contributed by atoms with E-state index in [-0.39, 0.29) is 17.9 Å². The molecule has 3 rings (SSSR count). The quantitative estimate of drug-likeness (QED) is 0.425. The summed E-state index contributed by atoms with van der Waals surface area (Å²) in [5, 5.41) is 10.5. The van der Waals surface area contributed by atoms with Crippen molar-refractivity contribution in [2.75, 3.05) is 0 Å². The number of aliphatic hydroxyl groups is 1. The van der Waals surface area contributed by atoms with Gasteiger partial charge in [-0.1, -0.05) is 45.9 Å². The lowest BCUT2D eigenvalue weighted by Crippen LogP contribution is -2.27. The van der Waals surface area contributed by atoms with Gasteiger partial charge in [-0.15, -0.1) is 0 Å². The first-order valence-electron chi connectivity index (χ1n) is 8.32. The van der Waals surface area contributed by atoms with Crippen LogP contribution >= 0.6 is 27.7 Å². The number of aromatic nitrogens is 2. The van der Waals surface area contributed by atoms with E-state index in [4.69, 9.17) is 0 Å². The van der Waals surface area contributed by atoms with Crippen LogP contribution in [0.5, 0.6) is 0 Å². The first kappa shape index (κ1) is 20.9. The number of hydrogen-bond donors (Lipinski definition) is 1. The van der Waals surface area contributed by atoms with Crippen LogP contribution in [-0.2, 0) is 18.5 Å². The summed E-state index contributed by atoms with van der Waals surface area (Å²) in [5.41, 5.74) is -0.0720. The third-order valence-electron chi connectivity index (χ3n) is 3.95. The summed E-state index contributed by atoms with van der Waals surface area (Å²) in [6.45, 7) is 1.60. The van der Waals surface area contributed by atoms with Crippen LogP contribution in [0.2, 0.25) is 0 Å². The number of nitrogens with zero attached hydrogens (tertiary/aromatic N) is 2. The standard InChI is InChI=1S/C19H16BrF3N2O2S/c1-11(26)9-25-17(27)15-8-14(20)5-6-16(15)24-18(25)28-10-12-3-2-4-13(7-12)19(21,22)23/h2-8,11,26H,9-10H2,1H3. The molecule has 0 spiro atoms. The van der Waals surface area contributed by atoms with Crippen LogP contribution in [0.1, 0.15) is 18.1 Å². The van der Waals surface area contributed by atoms with Crippen molar-refractivity contribution in [3.05, 3.63) is 68.4 Å². The molecular weight excluding hydrogens is 457 g/mol. The molecule has 9 heteroatoms. The van der Waals surface area contributed by atoms with Gasteiger partial charge in [-0.25, -0.2) is 4.98 Å². The molecule has 148 valence electrons. The lowest BCUT2D eigenvalue weighted by Gasteiger charge is -2.15. The van der Waals surface area contributed by atoms with E-state index in [1.807, 2.05) is 0 Å². The first-order chi connectivity index (χ1) is 13.1. The van der Waals surface area contributed by atoms with Crippen LogP contribution in [0.3, 0.4) is 0 Å². The number of alkyl halides is 3. The highest BCUT2D eigenvalue weighted by Crippen LogP contribution is 2.31. The lowest BCUT2D eigenvalue weighted by molar-refractivity contribution is -0.137. The van der Waals surface area contributed by atoms with Gasteiger partial charge in [-0.05, 0) is 36.8 Å². The highest BCUT2D eigenvalue weighted by atomic mass is 79.9. The molecular formula is C19H16BrF3N2O2S. The maximum absolute atomic E-state index is 12.9. The van der Waals surface area contributed by atoms with Crippen molar-refractivity contribution in [1.29, 1.82) is 0 Å². The van der Waals surface area contributed by atoms with Crippen LogP contribution in [0.4, 0.5) is 13.2 Å². The molecule has 0 aliphatic carbocycles. The fourth-order valence-electron chi connectivity index (χ4n) is 2.69. The first-order valence-corrected chi connectivity index (χ1v) is 10.1. The highest BCUT2D eigenvalue weighted by Gasteiger charge is 2.30. The van der Waals surface area contributed by atoms with E-state index >= 15 is 0 Å². The second kappa shape index (κ2) is 8.26. The van der Waals surface area contributed by atoms with E-state index in [0.717, 1.165) is 28.4 Å². The van der Waals surface area contributed by atoms with Gasteiger partial charge in [0, 0.05) is 10.2 Å². The molecule has 0 amide bonds. The van der Waals surface area contributed by atoms with Crippen molar-refractivity contribution in [2.24, 2.45) is 0 Å². The molecule has 0 saturated carbocycles. The van der Waals surface area contributed by atoms with Crippen molar-refractivity contribution in [1.82, 2.24) is 9.55 Å². The van der Waals surface area contributed by atoms with Crippen LogP contribution in [0.25, 0.3) is 10.9 Å². The SMILES string of the molecule is CC(O)Cn1c(SCc2cccc(C(F)(F)F)c2)nc2ccc(Br)cc2c1=O. The van der Waals surface area contributed by atoms with Gasteiger partial charge in [0.05, 0.1) is 29.1 Å². The Morgan fingerprint density at radius 1 is 1.25 bits per heavy atom. The molecule has 0 saturated heterocycles. The van der Waals surface area contributed by atoms with Gasteiger partial charge in [0.15, 0.2) is 5.16 Å². The van der Waals surface area contributed by atoms with Crippen molar-refractivity contribution in [3.63, 3.8) is 0 Å². The second-order valence-electron chi connectivity index (χ2n) is 6.31. The number of aliphatic hydroxyl groups excluding tert-OH is 1. The monoisotopic (exact) mass is 472 g/mol. The van der Waals surface area contributed by atoms with Crippen molar-refractivity contribution < 1.29 is 18.3 Å². The van der Waals surface area contributed by atoms with Crippen molar-refractivity contribution in [3.8, 4) is 0 Å². The maximum Gasteiger partial charge on any atom is 0.416 e. The average Bonchev–Trinajstić information content (AvgIpc) is 2.62. The Labute approximate surface area is 171 Å². The topological polar surface area (TPSA) is 55.1 Å². The van der Waals surface area contributed by atoms with Crippen LogP contribution in [-0.4, -0.2) is 20.8 Å². The minimum absolute atomic E-state index is 0.0409. The summed E-state index contributed by atoms with van der Waals surface area (Å²) in [6.07, 6.45) is -5.19. The third-order valence-corrected chi connectivity index (χ3v) is 5.49. The molecule has 1 unspecified atom stereocenters. The number of benzene rings is 2. The summed E-state index contributed by atoms with van der Waals surface area (Å²) in [4.78, 5) is 17.4. The summed E-state index contributed by atoms with van der Waals surface area (Å²) in [5.74, 6) is 0.207. The van der Waals surface area contributed by atoms with Gasteiger partial charge in [-0.3, -0.25) is 9.36 Å². The Morgan fingerprint density at radius 3 is 2.68 bits per heavy atom. The van der Waals surface area contributed by atoms with Crippen LogP contribution in [0.15, 0.2) is 56.9 Å². The normalized spacial score (nSPS) is 13.1. The van der Waals surface area contributed by atoms with Gasteiger partial charge in [0.1, 0.15) is 0 Å². The molecule has 28 heavy (non-hydrogen) atoms. The third kappa shape index (κ3) is 4.76. The fourth-order valence-corrected chi connectivity index (χ4v) is 4.01. The van der Waals surface area contributed by atoms with Gasteiger partial charge in [0.25, 0.3) is 5.56 Å². The fraction of sp³-hybridized carbons (Fsp3) is 0.263. The molecule has 1 aromatic heterocycles. The number of rotatable bonds is 5. The molecule has 0 bridgehead atoms. The van der Waals surface area contributed by atoms with E-state index in [1.165, 1.54) is 10.6 Å². The lowest BCUT2D eigenvalue weighted by atomic mass is 10.1. The van der Waals surface area contributed by atoms with E-state index in [2.05, 4.69) is 20.9 Å². The summed E-state index contributed by atoms with van der Waals surface area (Å²) < 4.78 is 40.8.